The zero-order valence-corrected chi connectivity index (χ0v) is 16.4. The van der Waals surface area contributed by atoms with Crippen molar-refractivity contribution >= 4 is 17.6 Å². The van der Waals surface area contributed by atoms with Gasteiger partial charge in [-0.2, -0.15) is 0 Å². The van der Waals surface area contributed by atoms with Crippen LogP contribution in [0.15, 0.2) is 35.1 Å². The molecule has 2 aliphatic rings. The molecule has 6 nitrogen and oxygen atoms in total. The van der Waals surface area contributed by atoms with Crippen molar-refractivity contribution in [2.24, 2.45) is 7.05 Å². The van der Waals surface area contributed by atoms with Gasteiger partial charge in [0.15, 0.2) is 0 Å². The molecule has 6 heteroatoms. The third-order valence-corrected chi connectivity index (χ3v) is 5.64. The Morgan fingerprint density at radius 2 is 1.89 bits per heavy atom. The molecule has 4 rings (SSSR count). The van der Waals surface area contributed by atoms with E-state index in [1.807, 2.05) is 37.3 Å². The zero-order valence-electron chi connectivity index (χ0n) is 16.4. The maximum atomic E-state index is 13.3. The molecule has 1 saturated carbocycles. The second-order valence-corrected chi connectivity index (χ2v) is 7.51. The Labute approximate surface area is 163 Å². The second-order valence-electron chi connectivity index (χ2n) is 7.51. The molecule has 0 spiro atoms. The fourth-order valence-corrected chi connectivity index (χ4v) is 4.03. The van der Waals surface area contributed by atoms with Crippen molar-refractivity contribution in [2.45, 2.75) is 38.5 Å². The van der Waals surface area contributed by atoms with E-state index in [1.54, 1.807) is 18.5 Å². The Morgan fingerprint density at radius 3 is 2.57 bits per heavy atom. The average molecular weight is 380 g/mol. The topological polar surface area (TPSA) is 68.6 Å². The minimum absolute atomic E-state index is 0.0332. The lowest BCUT2D eigenvalue weighted by Gasteiger charge is -2.25. The highest BCUT2D eigenvalue weighted by Crippen LogP contribution is 2.44. The second kappa shape index (κ2) is 6.93. The molecule has 0 N–H and O–H groups in total. The molecule has 0 bridgehead atoms. The SMILES string of the molecule is CCOC(=O)CN1C(=O)C(C)c2ccccc2-c2c1cc(C1CC1)c(=O)n2C. The number of carbonyl (C=O) groups excluding carboxylic acids is 2. The summed E-state index contributed by atoms with van der Waals surface area (Å²) in [6.07, 6.45) is 1.96. The lowest BCUT2D eigenvalue weighted by Crippen LogP contribution is -2.39. The number of carbonyl (C=O) groups is 2. The molecule has 2 heterocycles. The Kier molecular flexibility index (Phi) is 4.57. The Hall–Kier alpha value is -2.89. The average Bonchev–Trinajstić information content (AvgIpc) is 3.52. The van der Waals surface area contributed by atoms with Crippen molar-refractivity contribution < 1.29 is 14.3 Å². The molecule has 0 radical (unpaired) electrons. The van der Waals surface area contributed by atoms with Gasteiger partial charge in [-0.3, -0.25) is 19.3 Å². The van der Waals surface area contributed by atoms with E-state index in [-0.39, 0.29) is 30.5 Å². The highest BCUT2D eigenvalue weighted by Gasteiger charge is 2.36. The van der Waals surface area contributed by atoms with Crippen LogP contribution < -0.4 is 10.5 Å². The highest BCUT2D eigenvalue weighted by molar-refractivity contribution is 6.06. The number of ether oxygens (including phenoxy) is 1. The predicted molar refractivity (Wildman–Crippen MR) is 106 cm³/mol. The fourth-order valence-electron chi connectivity index (χ4n) is 4.03. The number of hydrogen-bond donors (Lipinski definition) is 0. The van der Waals surface area contributed by atoms with E-state index in [1.165, 1.54) is 4.90 Å². The van der Waals surface area contributed by atoms with Crippen LogP contribution in [0.25, 0.3) is 11.3 Å². The van der Waals surface area contributed by atoms with Crippen LogP contribution >= 0.6 is 0 Å². The minimum atomic E-state index is -0.457. The first-order valence-corrected chi connectivity index (χ1v) is 9.74. The first-order chi connectivity index (χ1) is 13.4. The molecule has 28 heavy (non-hydrogen) atoms. The Bertz CT molecular complexity index is 1020. The number of esters is 1. The van der Waals surface area contributed by atoms with E-state index < -0.39 is 11.9 Å². The maximum Gasteiger partial charge on any atom is 0.326 e. The molecule has 1 aliphatic carbocycles. The van der Waals surface area contributed by atoms with Crippen LogP contribution in [0.1, 0.15) is 49.7 Å². The van der Waals surface area contributed by atoms with E-state index in [2.05, 4.69) is 0 Å². The van der Waals surface area contributed by atoms with Gasteiger partial charge in [0.1, 0.15) is 6.54 Å². The van der Waals surface area contributed by atoms with Crippen LogP contribution in [0.4, 0.5) is 5.69 Å². The largest absolute Gasteiger partial charge is 0.465 e. The number of aromatic nitrogens is 1. The monoisotopic (exact) mass is 380 g/mol. The number of pyridine rings is 1. The summed E-state index contributed by atoms with van der Waals surface area (Å²) in [4.78, 5) is 40.1. The summed E-state index contributed by atoms with van der Waals surface area (Å²) < 4.78 is 6.73. The zero-order chi connectivity index (χ0) is 20.0. The van der Waals surface area contributed by atoms with Crippen LogP contribution in [-0.4, -0.2) is 29.6 Å². The van der Waals surface area contributed by atoms with Crippen molar-refractivity contribution in [1.29, 1.82) is 0 Å². The first-order valence-electron chi connectivity index (χ1n) is 9.74. The van der Waals surface area contributed by atoms with Gasteiger partial charge in [-0.15, -0.1) is 0 Å². The molecule has 1 aliphatic heterocycles. The third kappa shape index (κ3) is 2.93. The molecule has 1 amide bonds. The van der Waals surface area contributed by atoms with Crippen molar-refractivity contribution in [3.05, 3.63) is 51.8 Å². The maximum absolute atomic E-state index is 13.3. The quantitative estimate of drug-likeness (QED) is 0.765. The molecule has 2 aromatic rings. The van der Waals surface area contributed by atoms with Crippen molar-refractivity contribution in [2.75, 3.05) is 18.1 Å². The van der Waals surface area contributed by atoms with Crippen LogP contribution in [0.2, 0.25) is 0 Å². The molecule has 1 fully saturated rings. The summed E-state index contributed by atoms with van der Waals surface area (Å²) in [6.45, 7) is 3.67. The van der Waals surface area contributed by atoms with Gasteiger partial charge in [-0.05, 0) is 44.2 Å². The van der Waals surface area contributed by atoms with Gasteiger partial charge in [0.25, 0.3) is 5.56 Å². The summed E-state index contributed by atoms with van der Waals surface area (Å²) >= 11 is 0. The summed E-state index contributed by atoms with van der Waals surface area (Å²) in [5.41, 5.74) is 3.68. The van der Waals surface area contributed by atoms with Crippen LogP contribution in [0, 0.1) is 0 Å². The number of fused-ring (bicyclic) bond motifs is 3. The van der Waals surface area contributed by atoms with Crippen molar-refractivity contribution in [1.82, 2.24) is 4.57 Å². The molecule has 1 aromatic heterocycles. The van der Waals surface area contributed by atoms with Crippen LogP contribution in [-0.2, 0) is 21.4 Å². The van der Waals surface area contributed by atoms with Gasteiger partial charge >= 0.3 is 5.97 Å². The molecule has 1 aromatic carbocycles. The van der Waals surface area contributed by atoms with Crippen molar-refractivity contribution in [3.63, 3.8) is 0 Å². The molecular weight excluding hydrogens is 356 g/mol. The van der Waals surface area contributed by atoms with E-state index in [0.29, 0.717) is 11.4 Å². The molecule has 146 valence electrons. The van der Waals surface area contributed by atoms with Gasteiger partial charge in [0, 0.05) is 18.2 Å². The number of benzene rings is 1. The first kappa shape index (κ1) is 18.5. The number of amides is 1. The number of anilines is 1. The summed E-state index contributed by atoms with van der Waals surface area (Å²) in [5.74, 6) is -0.821. The summed E-state index contributed by atoms with van der Waals surface area (Å²) in [7, 11) is 1.74. The Morgan fingerprint density at radius 1 is 1.18 bits per heavy atom. The molecule has 0 saturated heterocycles. The molecular formula is C22H24N2O4. The lowest BCUT2D eigenvalue weighted by atomic mass is 9.94. The number of rotatable bonds is 4. The highest BCUT2D eigenvalue weighted by atomic mass is 16.5. The molecule has 1 atom stereocenters. The smallest absolute Gasteiger partial charge is 0.326 e. The van der Waals surface area contributed by atoms with E-state index >= 15 is 0 Å². The summed E-state index contributed by atoms with van der Waals surface area (Å²) in [5, 5.41) is 0. The van der Waals surface area contributed by atoms with Gasteiger partial charge in [0.05, 0.1) is 23.9 Å². The fraction of sp³-hybridized carbons (Fsp3) is 0.409. The van der Waals surface area contributed by atoms with Gasteiger partial charge < -0.3 is 9.30 Å². The number of nitrogens with zero attached hydrogens (tertiary/aromatic N) is 2. The third-order valence-electron chi connectivity index (χ3n) is 5.64. The normalized spacial score (nSPS) is 18.3. The van der Waals surface area contributed by atoms with E-state index in [9.17, 15) is 14.4 Å². The van der Waals surface area contributed by atoms with Gasteiger partial charge in [-0.1, -0.05) is 24.3 Å². The van der Waals surface area contributed by atoms with Gasteiger partial charge in [0.2, 0.25) is 5.91 Å². The van der Waals surface area contributed by atoms with Crippen LogP contribution in [0.3, 0.4) is 0 Å². The lowest BCUT2D eigenvalue weighted by molar-refractivity contribution is -0.142. The minimum Gasteiger partial charge on any atom is -0.465 e. The number of hydrogen-bond acceptors (Lipinski definition) is 4. The van der Waals surface area contributed by atoms with E-state index in [0.717, 1.165) is 29.5 Å². The summed E-state index contributed by atoms with van der Waals surface area (Å²) in [6, 6.07) is 9.46. The van der Waals surface area contributed by atoms with E-state index in [4.69, 9.17) is 4.74 Å². The predicted octanol–water partition coefficient (Wildman–Crippen LogP) is 2.94. The van der Waals surface area contributed by atoms with Crippen molar-refractivity contribution in [3.8, 4) is 11.3 Å². The van der Waals surface area contributed by atoms with Gasteiger partial charge in [-0.25, -0.2) is 0 Å². The molecule has 1 unspecified atom stereocenters. The Balaban J connectivity index is 1.98. The van der Waals surface area contributed by atoms with Crippen LogP contribution in [0.5, 0.6) is 0 Å². The standard InChI is InChI=1S/C22H24N2O4/c1-4-28-19(25)12-24-18-11-17(14-9-10-14)22(27)23(3)20(18)16-8-6-5-7-15(16)13(2)21(24)26/h5-8,11,13-14H,4,9-10,12H2,1-3H3.